The fourth-order valence-electron chi connectivity index (χ4n) is 4.57. The molecule has 1 aliphatic carbocycles. The number of ether oxygens (including phenoxy) is 2. The van der Waals surface area contributed by atoms with Gasteiger partial charge >= 0.3 is 0 Å². The minimum Gasteiger partial charge on any atom is -0.494 e. The Morgan fingerprint density at radius 3 is 2.29 bits per heavy atom. The summed E-state index contributed by atoms with van der Waals surface area (Å²) in [5.74, 6) is -1.34. The quantitative estimate of drug-likeness (QED) is 0.334. The van der Waals surface area contributed by atoms with Gasteiger partial charge in [-0.25, -0.2) is 13.2 Å². The molecule has 0 saturated heterocycles. The van der Waals surface area contributed by atoms with Gasteiger partial charge in [0.15, 0.2) is 11.6 Å². The molecule has 0 atom stereocenters. The molecular formula is C29H29F3O2. The lowest BCUT2D eigenvalue weighted by Crippen LogP contribution is -2.21. The largest absolute Gasteiger partial charge is 0.494 e. The van der Waals surface area contributed by atoms with Crippen LogP contribution in [0.2, 0.25) is 0 Å². The van der Waals surface area contributed by atoms with E-state index in [1.807, 2.05) is 19.1 Å². The molecule has 0 bridgehead atoms. The Hall–Kier alpha value is -3.05. The number of halogens is 3. The lowest BCUT2D eigenvalue weighted by Gasteiger charge is -2.29. The Bertz CT molecular complexity index is 1130. The van der Waals surface area contributed by atoms with E-state index in [4.69, 9.17) is 9.47 Å². The van der Waals surface area contributed by atoms with Crippen LogP contribution >= 0.6 is 0 Å². The number of benzene rings is 3. The van der Waals surface area contributed by atoms with Crippen molar-refractivity contribution in [3.63, 3.8) is 0 Å². The van der Waals surface area contributed by atoms with Gasteiger partial charge in [0.1, 0.15) is 11.6 Å². The zero-order valence-electron chi connectivity index (χ0n) is 19.3. The number of hydrogen-bond acceptors (Lipinski definition) is 2. The maximum atomic E-state index is 14.8. The summed E-state index contributed by atoms with van der Waals surface area (Å²) in [6, 6.07) is 15.3. The summed E-state index contributed by atoms with van der Waals surface area (Å²) in [4.78, 5) is 0. The summed E-state index contributed by atoms with van der Waals surface area (Å²) >= 11 is 0. The molecular weight excluding hydrogens is 437 g/mol. The van der Waals surface area contributed by atoms with Gasteiger partial charge in [0.25, 0.3) is 0 Å². The predicted molar refractivity (Wildman–Crippen MR) is 129 cm³/mol. The highest BCUT2D eigenvalue weighted by atomic mass is 19.2. The lowest BCUT2D eigenvalue weighted by molar-refractivity contribution is 0.0117. The van der Waals surface area contributed by atoms with Crippen LogP contribution in [0.25, 0.3) is 17.2 Å². The minimum absolute atomic E-state index is 0.00514. The third kappa shape index (κ3) is 5.36. The second-order valence-electron chi connectivity index (χ2n) is 8.63. The van der Waals surface area contributed by atoms with Gasteiger partial charge in [-0.2, -0.15) is 0 Å². The normalized spacial score (nSPS) is 18.0. The summed E-state index contributed by atoms with van der Waals surface area (Å²) in [5.41, 5.74) is 2.63. The number of rotatable bonds is 8. The fraction of sp³-hybridized carbons (Fsp3) is 0.310. The van der Waals surface area contributed by atoms with Crippen molar-refractivity contribution < 1.29 is 22.6 Å². The average molecular weight is 467 g/mol. The standard InChI is InChI=1S/C29H29F3O2/c1-3-19-5-7-21(8-6-19)26-15-11-22(28(31)29(26)32)18-34-23-12-9-20(10-13-23)25-16-14-24(33-4-2)17-27(25)30/h3,5-8,11,14-17,20,23H,1,4,9-10,12-13,18H2,2H3. The van der Waals surface area contributed by atoms with Gasteiger partial charge in [0, 0.05) is 17.2 Å². The van der Waals surface area contributed by atoms with Crippen molar-refractivity contribution in [2.75, 3.05) is 6.61 Å². The first kappa shape index (κ1) is 24.1. The molecule has 0 N–H and O–H groups in total. The van der Waals surface area contributed by atoms with Crippen LogP contribution in [0.4, 0.5) is 13.2 Å². The molecule has 3 aromatic carbocycles. The van der Waals surface area contributed by atoms with E-state index in [-0.39, 0.29) is 35.6 Å². The van der Waals surface area contributed by atoms with E-state index in [2.05, 4.69) is 6.58 Å². The Balaban J connectivity index is 1.34. The smallest absolute Gasteiger partial charge is 0.167 e. The number of hydrogen-bond donors (Lipinski definition) is 0. The van der Waals surface area contributed by atoms with Gasteiger partial charge in [-0.05, 0) is 61.3 Å². The molecule has 1 fully saturated rings. The van der Waals surface area contributed by atoms with Crippen LogP contribution < -0.4 is 4.74 Å². The molecule has 4 rings (SSSR count). The Morgan fingerprint density at radius 2 is 1.65 bits per heavy atom. The highest BCUT2D eigenvalue weighted by Crippen LogP contribution is 2.37. The summed E-state index contributed by atoms with van der Waals surface area (Å²) in [5, 5.41) is 0. The second kappa shape index (κ2) is 10.9. The van der Waals surface area contributed by atoms with E-state index in [1.165, 1.54) is 6.07 Å². The maximum absolute atomic E-state index is 14.8. The van der Waals surface area contributed by atoms with Crippen LogP contribution in [-0.4, -0.2) is 12.7 Å². The first-order chi connectivity index (χ1) is 16.5. The third-order valence-electron chi connectivity index (χ3n) is 6.49. The SMILES string of the molecule is C=Cc1ccc(-c2ccc(COC3CCC(c4ccc(OCC)cc4F)CC3)c(F)c2F)cc1. The molecule has 0 radical (unpaired) electrons. The topological polar surface area (TPSA) is 18.5 Å². The molecule has 0 heterocycles. The minimum atomic E-state index is -0.879. The molecule has 3 aromatic rings. The van der Waals surface area contributed by atoms with Crippen LogP contribution in [0.1, 0.15) is 55.2 Å². The molecule has 0 aromatic heterocycles. The van der Waals surface area contributed by atoms with Crippen molar-refractivity contribution in [2.45, 2.75) is 51.2 Å². The van der Waals surface area contributed by atoms with E-state index >= 15 is 0 Å². The summed E-state index contributed by atoms with van der Waals surface area (Å²) in [6.45, 7) is 6.07. The van der Waals surface area contributed by atoms with Crippen LogP contribution in [0.5, 0.6) is 5.75 Å². The van der Waals surface area contributed by atoms with E-state index < -0.39 is 11.6 Å². The first-order valence-electron chi connectivity index (χ1n) is 11.7. The third-order valence-corrected chi connectivity index (χ3v) is 6.49. The molecule has 0 aliphatic heterocycles. The van der Waals surface area contributed by atoms with E-state index in [0.717, 1.165) is 31.2 Å². The average Bonchev–Trinajstić information content (AvgIpc) is 2.86. The van der Waals surface area contributed by atoms with Crippen molar-refractivity contribution >= 4 is 6.08 Å². The Labute approximate surface area is 199 Å². The molecule has 5 heteroatoms. The first-order valence-corrected chi connectivity index (χ1v) is 11.7. The fourth-order valence-corrected chi connectivity index (χ4v) is 4.57. The molecule has 34 heavy (non-hydrogen) atoms. The molecule has 0 amide bonds. The van der Waals surface area contributed by atoms with Crippen molar-refractivity contribution in [3.8, 4) is 16.9 Å². The monoisotopic (exact) mass is 466 g/mol. The van der Waals surface area contributed by atoms with Crippen molar-refractivity contribution in [1.82, 2.24) is 0 Å². The summed E-state index contributed by atoms with van der Waals surface area (Å²) in [7, 11) is 0. The summed E-state index contributed by atoms with van der Waals surface area (Å²) in [6.07, 6.45) is 4.70. The molecule has 0 spiro atoms. The van der Waals surface area contributed by atoms with E-state index in [0.29, 0.717) is 23.5 Å². The zero-order chi connectivity index (χ0) is 24.1. The van der Waals surface area contributed by atoms with Gasteiger partial charge in [0.2, 0.25) is 0 Å². The Kier molecular flexibility index (Phi) is 7.73. The van der Waals surface area contributed by atoms with Gasteiger partial charge in [-0.15, -0.1) is 0 Å². The Morgan fingerprint density at radius 1 is 0.912 bits per heavy atom. The predicted octanol–water partition coefficient (Wildman–Crippen LogP) is 8.06. The molecule has 1 aliphatic rings. The highest BCUT2D eigenvalue weighted by Gasteiger charge is 2.25. The second-order valence-corrected chi connectivity index (χ2v) is 8.63. The van der Waals surface area contributed by atoms with Crippen LogP contribution in [0, 0.1) is 17.5 Å². The van der Waals surface area contributed by atoms with Gasteiger partial charge < -0.3 is 9.47 Å². The van der Waals surface area contributed by atoms with E-state index in [1.54, 1.807) is 42.5 Å². The van der Waals surface area contributed by atoms with Gasteiger partial charge in [0.05, 0.1) is 19.3 Å². The van der Waals surface area contributed by atoms with Crippen LogP contribution in [0.3, 0.4) is 0 Å². The van der Waals surface area contributed by atoms with Crippen LogP contribution in [-0.2, 0) is 11.3 Å². The van der Waals surface area contributed by atoms with Crippen molar-refractivity contribution in [2.24, 2.45) is 0 Å². The zero-order valence-corrected chi connectivity index (χ0v) is 19.3. The molecule has 1 saturated carbocycles. The summed E-state index contributed by atoms with van der Waals surface area (Å²) < 4.78 is 55.3. The highest BCUT2D eigenvalue weighted by molar-refractivity contribution is 5.66. The van der Waals surface area contributed by atoms with Crippen molar-refractivity contribution in [1.29, 1.82) is 0 Å². The molecule has 0 unspecified atom stereocenters. The van der Waals surface area contributed by atoms with Gasteiger partial charge in [-0.1, -0.05) is 55.1 Å². The van der Waals surface area contributed by atoms with E-state index in [9.17, 15) is 13.2 Å². The van der Waals surface area contributed by atoms with Crippen LogP contribution in [0.15, 0.2) is 61.2 Å². The molecule has 2 nitrogen and oxygen atoms in total. The van der Waals surface area contributed by atoms with Gasteiger partial charge in [-0.3, -0.25) is 0 Å². The molecule has 178 valence electrons. The lowest BCUT2D eigenvalue weighted by atomic mass is 9.82. The van der Waals surface area contributed by atoms with Crippen molar-refractivity contribution in [3.05, 3.63) is 95.3 Å². The maximum Gasteiger partial charge on any atom is 0.167 e.